The van der Waals surface area contributed by atoms with Gasteiger partial charge in [-0.2, -0.15) is 0 Å². The van der Waals surface area contributed by atoms with E-state index in [1.165, 1.54) is 31.4 Å². The summed E-state index contributed by atoms with van der Waals surface area (Å²) in [5.74, 6) is -0.206. The molecule has 4 nitrogen and oxygen atoms in total. The molecule has 1 heterocycles. The van der Waals surface area contributed by atoms with Crippen LogP contribution in [0.1, 0.15) is 39.5 Å². The summed E-state index contributed by atoms with van der Waals surface area (Å²) in [5, 5.41) is 2.93. The molecule has 2 rings (SSSR count). The third-order valence-corrected chi connectivity index (χ3v) is 4.31. The summed E-state index contributed by atoms with van der Waals surface area (Å²) >= 11 is 0. The van der Waals surface area contributed by atoms with Crippen molar-refractivity contribution >= 4 is 17.3 Å². The highest BCUT2D eigenvalue weighted by molar-refractivity contribution is 5.92. The lowest BCUT2D eigenvalue weighted by Crippen LogP contribution is -2.34. The van der Waals surface area contributed by atoms with Gasteiger partial charge in [-0.05, 0) is 44.0 Å². The largest absolute Gasteiger partial charge is 0.372 e. The third-order valence-electron chi connectivity index (χ3n) is 4.31. The van der Waals surface area contributed by atoms with E-state index in [0.717, 1.165) is 18.8 Å². The summed E-state index contributed by atoms with van der Waals surface area (Å²) in [7, 11) is 0. The predicted octanol–water partition coefficient (Wildman–Crippen LogP) is 2.99. The topological polar surface area (TPSA) is 58.4 Å². The molecule has 1 amide bonds. The zero-order chi connectivity index (χ0) is 15.2. The van der Waals surface area contributed by atoms with Crippen molar-refractivity contribution in [1.29, 1.82) is 0 Å². The molecular formula is C17H27N3O. The first-order valence-electron chi connectivity index (χ1n) is 7.99. The molecule has 1 fully saturated rings. The van der Waals surface area contributed by atoms with E-state index in [1.807, 2.05) is 26.0 Å². The lowest BCUT2D eigenvalue weighted by Gasteiger charge is -2.23. The van der Waals surface area contributed by atoms with Crippen molar-refractivity contribution in [3.8, 4) is 0 Å². The van der Waals surface area contributed by atoms with Crippen molar-refractivity contribution in [2.75, 3.05) is 23.3 Å². The lowest BCUT2D eigenvalue weighted by molar-refractivity contribution is -0.119. The van der Waals surface area contributed by atoms with Gasteiger partial charge in [0, 0.05) is 30.5 Å². The Morgan fingerprint density at radius 2 is 1.67 bits per heavy atom. The van der Waals surface area contributed by atoms with Crippen LogP contribution in [0.4, 0.5) is 11.4 Å². The lowest BCUT2D eigenvalue weighted by atomic mass is 10.0. The first-order chi connectivity index (χ1) is 10.1. The Bertz CT molecular complexity index is 448. The molecule has 1 aromatic rings. The number of anilines is 2. The zero-order valence-electron chi connectivity index (χ0n) is 13.1. The predicted molar refractivity (Wildman–Crippen MR) is 88.6 cm³/mol. The van der Waals surface area contributed by atoms with E-state index in [4.69, 9.17) is 5.73 Å². The number of carbonyl (C=O) groups is 1. The molecule has 0 aromatic heterocycles. The molecule has 2 atom stereocenters. The molecule has 1 aromatic carbocycles. The SMILES string of the molecule is CC(N)C(C)C(=O)Nc1ccc(N2CCCCCC2)cc1. The van der Waals surface area contributed by atoms with E-state index >= 15 is 0 Å². The van der Waals surface area contributed by atoms with Gasteiger partial charge in [0.1, 0.15) is 0 Å². The quantitative estimate of drug-likeness (QED) is 0.896. The maximum atomic E-state index is 12.0. The Hall–Kier alpha value is -1.55. The van der Waals surface area contributed by atoms with E-state index < -0.39 is 0 Å². The summed E-state index contributed by atoms with van der Waals surface area (Å²) in [6, 6.07) is 8.01. The standard InChI is InChI=1S/C17H27N3O/c1-13(14(2)18)17(21)19-15-7-9-16(10-8-15)20-11-5-3-4-6-12-20/h7-10,13-14H,3-6,11-12,18H2,1-2H3,(H,19,21). The Morgan fingerprint density at radius 1 is 1.10 bits per heavy atom. The highest BCUT2D eigenvalue weighted by atomic mass is 16.1. The number of nitrogens with one attached hydrogen (secondary N) is 1. The van der Waals surface area contributed by atoms with Crippen molar-refractivity contribution in [3.63, 3.8) is 0 Å². The second-order valence-electron chi connectivity index (χ2n) is 6.09. The van der Waals surface area contributed by atoms with Crippen LogP contribution in [-0.4, -0.2) is 25.0 Å². The van der Waals surface area contributed by atoms with Gasteiger partial charge in [0.2, 0.25) is 5.91 Å². The number of nitrogens with two attached hydrogens (primary N) is 1. The third kappa shape index (κ3) is 4.46. The second kappa shape index (κ2) is 7.46. The van der Waals surface area contributed by atoms with Gasteiger partial charge in [-0.3, -0.25) is 4.79 Å². The van der Waals surface area contributed by atoms with Crippen LogP contribution in [0.5, 0.6) is 0 Å². The fraction of sp³-hybridized carbons (Fsp3) is 0.588. The number of hydrogen-bond donors (Lipinski definition) is 2. The van der Waals surface area contributed by atoms with Gasteiger partial charge in [-0.25, -0.2) is 0 Å². The molecule has 0 saturated carbocycles. The Labute approximate surface area is 127 Å². The molecule has 0 radical (unpaired) electrons. The number of hydrogen-bond acceptors (Lipinski definition) is 3. The molecule has 1 aliphatic heterocycles. The van der Waals surface area contributed by atoms with Crippen LogP contribution in [0, 0.1) is 5.92 Å². The minimum atomic E-state index is -0.185. The number of rotatable bonds is 4. The van der Waals surface area contributed by atoms with Crippen LogP contribution in [0.3, 0.4) is 0 Å². The first kappa shape index (κ1) is 15.8. The van der Waals surface area contributed by atoms with Gasteiger partial charge in [0.25, 0.3) is 0 Å². The van der Waals surface area contributed by atoms with Crippen molar-refractivity contribution in [1.82, 2.24) is 0 Å². The van der Waals surface area contributed by atoms with Crippen molar-refractivity contribution in [2.24, 2.45) is 11.7 Å². The second-order valence-corrected chi connectivity index (χ2v) is 6.09. The van der Waals surface area contributed by atoms with Gasteiger partial charge >= 0.3 is 0 Å². The molecule has 0 aliphatic carbocycles. The molecule has 0 spiro atoms. The number of carbonyl (C=O) groups excluding carboxylic acids is 1. The van der Waals surface area contributed by atoms with Crippen LogP contribution in [0.15, 0.2) is 24.3 Å². The van der Waals surface area contributed by atoms with E-state index in [2.05, 4.69) is 22.3 Å². The maximum absolute atomic E-state index is 12.0. The Morgan fingerprint density at radius 3 is 2.19 bits per heavy atom. The smallest absolute Gasteiger partial charge is 0.228 e. The van der Waals surface area contributed by atoms with Crippen LogP contribution in [0.25, 0.3) is 0 Å². The fourth-order valence-corrected chi connectivity index (χ4v) is 2.58. The van der Waals surface area contributed by atoms with Gasteiger partial charge in [0.15, 0.2) is 0 Å². The average Bonchev–Trinajstić information content (AvgIpc) is 2.76. The normalized spacial score (nSPS) is 18.7. The summed E-state index contributed by atoms with van der Waals surface area (Å²) in [6.45, 7) is 5.97. The van der Waals surface area contributed by atoms with Crippen LogP contribution >= 0.6 is 0 Å². The van der Waals surface area contributed by atoms with Crippen LogP contribution < -0.4 is 16.0 Å². The monoisotopic (exact) mass is 289 g/mol. The number of amides is 1. The molecule has 1 saturated heterocycles. The molecule has 21 heavy (non-hydrogen) atoms. The molecule has 3 N–H and O–H groups in total. The summed E-state index contributed by atoms with van der Waals surface area (Å²) in [5.41, 5.74) is 7.84. The van der Waals surface area contributed by atoms with Gasteiger partial charge < -0.3 is 16.0 Å². The van der Waals surface area contributed by atoms with Crippen molar-refractivity contribution in [2.45, 2.75) is 45.6 Å². The molecular weight excluding hydrogens is 262 g/mol. The minimum Gasteiger partial charge on any atom is -0.372 e. The van der Waals surface area contributed by atoms with E-state index in [1.54, 1.807) is 0 Å². The molecule has 2 unspecified atom stereocenters. The number of nitrogens with zero attached hydrogens (tertiary/aromatic N) is 1. The van der Waals surface area contributed by atoms with Crippen molar-refractivity contribution < 1.29 is 4.79 Å². The molecule has 0 bridgehead atoms. The van der Waals surface area contributed by atoms with Gasteiger partial charge in [-0.1, -0.05) is 19.8 Å². The van der Waals surface area contributed by atoms with Gasteiger partial charge in [-0.15, -0.1) is 0 Å². The zero-order valence-corrected chi connectivity index (χ0v) is 13.1. The number of benzene rings is 1. The molecule has 1 aliphatic rings. The summed E-state index contributed by atoms with van der Waals surface area (Å²) in [4.78, 5) is 14.4. The first-order valence-corrected chi connectivity index (χ1v) is 7.99. The maximum Gasteiger partial charge on any atom is 0.228 e. The Balaban J connectivity index is 1.96. The fourth-order valence-electron chi connectivity index (χ4n) is 2.58. The van der Waals surface area contributed by atoms with E-state index in [9.17, 15) is 4.79 Å². The van der Waals surface area contributed by atoms with Crippen LogP contribution in [0.2, 0.25) is 0 Å². The summed E-state index contributed by atoms with van der Waals surface area (Å²) in [6.07, 6.45) is 5.20. The van der Waals surface area contributed by atoms with Gasteiger partial charge in [0.05, 0.1) is 5.92 Å². The van der Waals surface area contributed by atoms with Crippen LogP contribution in [-0.2, 0) is 4.79 Å². The molecule has 116 valence electrons. The average molecular weight is 289 g/mol. The Kier molecular flexibility index (Phi) is 5.62. The highest BCUT2D eigenvalue weighted by Crippen LogP contribution is 2.22. The minimum absolute atomic E-state index is 0.0208. The van der Waals surface area contributed by atoms with Crippen molar-refractivity contribution in [3.05, 3.63) is 24.3 Å². The van der Waals surface area contributed by atoms with E-state index in [-0.39, 0.29) is 17.9 Å². The molecule has 4 heteroatoms. The van der Waals surface area contributed by atoms with E-state index in [0.29, 0.717) is 0 Å². The highest BCUT2D eigenvalue weighted by Gasteiger charge is 2.17. The summed E-state index contributed by atoms with van der Waals surface area (Å²) < 4.78 is 0.